The summed E-state index contributed by atoms with van der Waals surface area (Å²) >= 11 is 0. The molecule has 0 aliphatic rings. The highest BCUT2D eigenvalue weighted by Gasteiger charge is 2.10. The molecular weight excluding hydrogens is 276 g/mol. The fourth-order valence-electron chi connectivity index (χ4n) is 1.88. The standard InChI is InChI=1S/C18H18N2O2/c1-2-22-18(21)13-17(16-11-7-4-8-12-16)20-19-14-15-9-5-3-6-10-15/h3-12,14H,2,13H2,1H3/b19-14+,20-17-. The van der Waals surface area contributed by atoms with E-state index in [-0.39, 0.29) is 12.4 Å². The summed E-state index contributed by atoms with van der Waals surface area (Å²) in [5.74, 6) is -0.306. The quantitative estimate of drug-likeness (QED) is 0.465. The largest absolute Gasteiger partial charge is 0.466 e. The van der Waals surface area contributed by atoms with Crippen LogP contribution in [0.4, 0.5) is 0 Å². The number of carbonyl (C=O) groups is 1. The monoisotopic (exact) mass is 294 g/mol. The van der Waals surface area contributed by atoms with Crippen molar-refractivity contribution >= 4 is 17.9 Å². The number of esters is 1. The van der Waals surface area contributed by atoms with Crippen molar-refractivity contribution < 1.29 is 9.53 Å². The van der Waals surface area contributed by atoms with Crippen LogP contribution in [0.25, 0.3) is 0 Å². The second kappa shape index (κ2) is 8.52. The molecule has 0 N–H and O–H groups in total. The van der Waals surface area contributed by atoms with Crippen molar-refractivity contribution in [2.75, 3.05) is 6.61 Å². The minimum absolute atomic E-state index is 0.101. The summed E-state index contributed by atoms with van der Waals surface area (Å²) < 4.78 is 4.99. The van der Waals surface area contributed by atoms with Gasteiger partial charge in [0.15, 0.2) is 0 Å². The van der Waals surface area contributed by atoms with E-state index in [4.69, 9.17) is 4.74 Å². The third-order valence-electron chi connectivity index (χ3n) is 2.91. The van der Waals surface area contributed by atoms with Crippen molar-refractivity contribution in [1.29, 1.82) is 0 Å². The first-order valence-corrected chi connectivity index (χ1v) is 7.15. The average molecular weight is 294 g/mol. The Morgan fingerprint density at radius 3 is 2.32 bits per heavy atom. The molecule has 0 heterocycles. The summed E-state index contributed by atoms with van der Waals surface area (Å²) in [6.07, 6.45) is 1.76. The molecule has 0 saturated carbocycles. The normalized spacial score (nSPS) is 11.6. The van der Waals surface area contributed by atoms with Gasteiger partial charge in [-0.15, -0.1) is 0 Å². The van der Waals surface area contributed by atoms with E-state index in [9.17, 15) is 4.79 Å². The summed E-state index contributed by atoms with van der Waals surface area (Å²) in [5.41, 5.74) is 2.40. The van der Waals surface area contributed by atoms with E-state index in [0.29, 0.717) is 12.3 Å². The highest BCUT2D eigenvalue weighted by atomic mass is 16.5. The second-order valence-electron chi connectivity index (χ2n) is 4.55. The molecule has 4 nitrogen and oxygen atoms in total. The van der Waals surface area contributed by atoms with E-state index in [1.807, 2.05) is 60.7 Å². The SMILES string of the molecule is CCOC(=O)C/C(=N/N=C/c1ccccc1)c1ccccc1. The van der Waals surface area contributed by atoms with Gasteiger partial charge in [0.05, 0.1) is 25.0 Å². The highest BCUT2D eigenvalue weighted by Crippen LogP contribution is 2.06. The average Bonchev–Trinajstić information content (AvgIpc) is 2.56. The van der Waals surface area contributed by atoms with Crippen LogP contribution in [0.3, 0.4) is 0 Å². The van der Waals surface area contributed by atoms with Gasteiger partial charge in [-0.2, -0.15) is 10.2 Å². The zero-order valence-electron chi connectivity index (χ0n) is 12.5. The van der Waals surface area contributed by atoms with E-state index < -0.39 is 0 Å². The van der Waals surface area contributed by atoms with Crippen LogP contribution in [0, 0.1) is 0 Å². The Hall–Kier alpha value is -2.75. The number of hydrogen-bond acceptors (Lipinski definition) is 4. The van der Waals surface area contributed by atoms with Crippen molar-refractivity contribution in [3.8, 4) is 0 Å². The van der Waals surface area contributed by atoms with Crippen LogP contribution in [0.1, 0.15) is 24.5 Å². The second-order valence-corrected chi connectivity index (χ2v) is 4.55. The number of hydrogen-bond donors (Lipinski definition) is 0. The predicted molar refractivity (Wildman–Crippen MR) is 88.3 cm³/mol. The molecule has 0 saturated heterocycles. The number of ether oxygens (including phenoxy) is 1. The summed E-state index contributed by atoms with van der Waals surface area (Å²) in [4.78, 5) is 11.7. The molecule has 0 unspecified atom stereocenters. The summed E-state index contributed by atoms with van der Waals surface area (Å²) in [6, 6.07) is 19.2. The van der Waals surface area contributed by atoms with E-state index in [2.05, 4.69) is 10.2 Å². The molecule has 4 heteroatoms. The van der Waals surface area contributed by atoms with Crippen LogP contribution in [0.15, 0.2) is 70.9 Å². The Balaban J connectivity index is 2.18. The highest BCUT2D eigenvalue weighted by molar-refractivity contribution is 6.09. The third kappa shape index (κ3) is 4.98. The van der Waals surface area contributed by atoms with Gasteiger partial charge >= 0.3 is 5.97 Å². The minimum Gasteiger partial charge on any atom is -0.466 e. The summed E-state index contributed by atoms with van der Waals surface area (Å²) in [6.45, 7) is 2.14. The first-order valence-electron chi connectivity index (χ1n) is 7.15. The smallest absolute Gasteiger partial charge is 0.311 e. The number of rotatable bonds is 6. The molecule has 0 amide bonds. The van der Waals surface area contributed by atoms with Gasteiger partial charge in [-0.05, 0) is 18.1 Å². The molecule has 112 valence electrons. The van der Waals surface area contributed by atoms with E-state index >= 15 is 0 Å². The van der Waals surface area contributed by atoms with Crippen molar-refractivity contribution in [2.45, 2.75) is 13.3 Å². The summed E-state index contributed by atoms with van der Waals surface area (Å²) in [5, 5.41) is 8.28. The molecule has 0 fully saturated rings. The number of carbonyl (C=O) groups excluding carboxylic acids is 1. The molecule has 0 aliphatic heterocycles. The van der Waals surface area contributed by atoms with Crippen molar-refractivity contribution in [3.05, 3.63) is 71.8 Å². The molecule has 0 atom stereocenters. The van der Waals surface area contributed by atoms with Crippen LogP contribution < -0.4 is 0 Å². The first-order chi connectivity index (χ1) is 10.8. The van der Waals surface area contributed by atoms with Crippen LogP contribution in [0.2, 0.25) is 0 Å². The van der Waals surface area contributed by atoms with Gasteiger partial charge in [-0.3, -0.25) is 4.79 Å². The lowest BCUT2D eigenvalue weighted by Crippen LogP contribution is -2.12. The maximum absolute atomic E-state index is 11.7. The molecular formula is C18H18N2O2. The van der Waals surface area contributed by atoms with Crippen LogP contribution in [-0.4, -0.2) is 24.5 Å². The predicted octanol–water partition coefficient (Wildman–Crippen LogP) is 3.46. The Kier molecular flexibility index (Phi) is 6.05. The Morgan fingerprint density at radius 2 is 1.68 bits per heavy atom. The van der Waals surface area contributed by atoms with Crippen molar-refractivity contribution in [2.24, 2.45) is 10.2 Å². The molecule has 0 aliphatic carbocycles. The fourth-order valence-corrected chi connectivity index (χ4v) is 1.88. The molecule has 0 spiro atoms. The lowest BCUT2D eigenvalue weighted by molar-refractivity contribution is -0.141. The van der Waals surface area contributed by atoms with Crippen LogP contribution >= 0.6 is 0 Å². The topological polar surface area (TPSA) is 51.0 Å². The van der Waals surface area contributed by atoms with Gasteiger partial charge in [-0.25, -0.2) is 0 Å². The molecule has 0 aromatic heterocycles. The minimum atomic E-state index is -0.306. The van der Waals surface area contributed by atoms with Gasteiger partial charge in [0.1, 0.15) is 0 Å². The third-order valence-corrected chi connectivity index (χ3v) is 2.91. The zero-order valence-corrected chi connectivity index (χ0v) is 12.5. The molecule has 2 rings (SSSR count). The molecule has 0 radical (unpaired) electrons. The molecule has 2 aromatic rings. The van der Waals surface area contributed by atoms with Crippen molar-refractivity contribution in [3.63, 3.8) is 0 Å². The maximum atomic E-state index is 11.7. The fraction of sp³-hybridized carbons (Fsp3) is 0.167. The van der Waals surface area contributed by atoms with Gasteiger partial charge in [0.25, 0.3) is 0 Å². The Labute approximate surface area is 130 Å². The van der Waals surface area contributed by atoms with Gasteiger partial charge in [0, 0.05) is 0 Å². The van der Waals surface area contributed by atoms with E-state index in [1.54, 1.807) is 13.1 Å². The first kappa shape index (κ1) is 15.6. The van der Waals surface area contributed by atoms with Crippen LogP contribution in [-0.2, 0) is 9.53 Å². The lowest BCUT2D eigenvalue weighted by atomic mass is 10.1. The Bertz CT molecular complexity index is 649. The molecule has 2 aromatic carbocycles. The van der Waals surface area contributed by atoms with E-state index in [1.165, 1.54) is 0 Å². The van der Waals surface area contributed by atoms with Crippen LogP contribution in [0.5, 0.6) is 0 Å². The summed E-state index contributed by atoms with van der Waals surface area (Å²) in [7, 11) is 0. The molecule has 22 heavy (non-hydrogen) atoms. The van der Waals surface area contributed by atoms with E-state index in [0.717, 1.165) is 11.1 Å². The Morgan fingerprint density at radius 1 is 1.05 bits per heavy atom. The number of nitrogens with zero attached hydrogens (tertiary/aromatic N) is 2. The maximum Gasteiger partial charge on any atom is 0.311 e. The number of benzene rings is 2. The van der Waals surface area contributed by atoms with Crippen molar-refractivity contribution in [1.82, 2.24) is 0 Å². The molecule has 0 bridgehead atoms. The zero-order chi connectivity index (χ0) is 15.6. The van der Waals surface area contributed by atoms with Gasteiger partial charge < -0.3 is 4.74 Å². The van der Waals surface area contributed by atoms with Gasteiger partial charge in [0.2, 0.25) is 0 Å². The lowest BCUT2D eigenvalue weighted by Gasteiger charge is -2.05. The van der Waals surface area contributed by atoms with Gasteiger partial charge in [-0.1, -0.05) is 60.7 Å².